The molecule has 1 aromatic rings. The van der Waals surface area contributed by atoms with E-state index < -0.39 is 9.04 Å². The number of hydrogen-bond acceptors (Lipinski definition) is 1. The number of hydrogen-bond donors (Lipinski definition) is 0. The second kappa shape index (κ2) is 7.21. The Morgan fingerprint density at radius 3 is 2.20 bits per heavy atom. The van der Waals surface area contributed by atoms with E-state index in [0.29, 0.717) is 0 Å². The molecular formula is C13H18OSi. The lowest BCUT2D eigenvalue weighted by Gasteiger charge is -2.12. The van der Waals surface area contributed by atoms with Crippen LogP contribution in [0, 0.1) is 0 Å². The molecule has 1 nitrogen and oxygen atoms in total. The van der Waals surface area contributed by atoms with Crippen molar-refractivity contribution in [3.63, 3.8) is 0 Å². The smallest absolute Gasteiger partial charge is 0.184 e. The Bertz CT molecular complexity index is 285. The number of allylic oxidation sites excluding steroid dienone is 2. The van der Waals surface area contributed by atoms with Crippen LogP contribution in [0.1, 0.15) is 5.56 Å². The zero-order valence-electron chi connectivity index (χ0n) is 9.06. The molecule has 0 aliphatic rings. The van der Waals surface area contributed by atoms with Gasteiger partial charge in [0.2, 0.25) is 0 Å². The molecule has 0 saturated carbocycles. The molecule has 1 aromatic carbocycles. The van der Waals surface area contributed by atoms with E-state index in [2.05, 4.69) is 25.3 Å². The maximum absolute atomic E-state index is 5.91. The highest BCUT2D eigenvalue weighted by Gasteiger charge is 2.07. The van der Waals surface area contributed by atoms with E-state index in [-0.39, 0.29) is 0 Å². The van der Waals surface area contributed by atoms with Crippen LogP contribution < -0.4 is 0 Å². The van der Waals surface area contributed by atoms with Crippen LogP contribution in [0.25, 0.3) is 0 Å². The lowest BCUT2D eigenvalue weighted by atomic mass is 10.2. The van der Waals surface area contributed by atoms with Crippen LogP contribution in [0.4, 0.5) is 0 Å². The second-order valence-corrected chi connectivity index (χ2v) is 5.99. The predicted molar refractivity (Wildman–Crippen MR) is 68.4 cm³/mol. The molecule has 0 aliphatic carbocycles. The third-order valence-electron chi connectivity index (χ3n) is 2.19. The topological polar surface area (TPSA) is 9.23 Å². The van der Waals surface area contributed by atoms with Crippen molar-refractivity contribution >= 4 is 9.04 Å². The largest absolute Gasteiger partial charge is 0.415 e. The standard InChI is InChI=1S/C13H18OSi/c1-3-10-15(11-4-2)14-12-13-8-6-5-7-9-13/h3-9,15H,1-2,10-12H2. The fourth-order valence-electron chi connectivity index (χ4n) is 1.39. The highest BCUT2D eigenvalue weighted by Crippen LogP contribution is 2.07. The van der Waals surface area contributed by atoms with E-state index in [9.17, 15) is 0 Å². The van der Waals surface area contributed by atoms with E-state index in [1.165, 1.54) is 5.56 Å². The highest BCUT2D eigenvalue weighted by atomic mass is 28.3. The fourth-order valence-corrected chi connectivity index (χ4v) is 3.03. The van der Waals surface area contributed by atoms with Crippen LogP contribution in [0.5, 0.6) is 0 Å². The summed E-state index contributed by atoms with van der Waals surface area (Å²) in [6, 6.07) is 12.3. The molecule has 0 aliphatic heterocycles. The van der Waals surface area contributed by atoms with Gasteiger partial charge in [0.05, 0.1) is 6.61 Å². The maximum Gasteiger partial charge on any atom is 0.184 e. The summed E-state index contributed by atoms with van der Waals surface area (Å²) in [5, 5.41) is 0. The minimum absolute atomic E-state index is 0.722. The first-order valence-electron chi connectivity index (χ1n) is 5.24. The summed E-state index contributed by atoms with van der Waals surface area (Å²) in [6.45, 7) is 8.24. The SMILES string of the molecule is C=CC[SiH](CC=C)OCc1ccccc1. The van der Waals surface area contributed by atoms with Crippen molar-refractivity contribution in [1.29, 1.82) is 0 Å². The molecule has 0 bridgehead atoms. The molecule has 0 fully saturated rings. The first-order chi connectivity index (χ1) is 7.36. The minimum atomic E-state index is -1.14. The van der Waals surface area contributed by atoms with Crippen LogP contribution >= 0.6 is 0 Å². The quantitative estimate of drug-likeness (QED) is 0.504. The van der Waals surface area contributed by atoms with E-state index >= 15 is 0 Å². The summed E-state index contributed by atoms with van der Waals surface area (Å²) in [7, 11) is -1.14. The molecule has 80 valence electrons. The zero-order valence-corrected chi connectivity index (χ0v) is 10.2. The molecular weight excluding hydrogens is 200 g/mol. The molecule has 15 heavy (non-hydrogen) atoms. The summed E-state index contributed by atoms with van der Waals surface area (Å²) in [6.07, 6.45) is 3.90. The molecule has 0 saturated heterocycles. The van der Waals surface area contributed by atoms with Crippen LogP contribution in [-0.4, -0.2) is 9.04 Å². The van der Waals surface area contributed by atoms with Gasteiger partial charge >= 0.3 is 0 Å². The van der Waals surface area contributed by atoms with Crippen molar-refractivity contribution in [2.75, 3.05) is 0 Å². The number of benzene rings is 1. The fraction of sp³-hybridized carbons (Fsp3) is 0.231. The molecule has 0 heterocycles. The molecule has 1 rings (SSSR count). The molecule has 0 amide bonds. The predicted octanol–water partition coefficient (Wildman–Crippen LogP) is 3.30. The molecule has 2 heteroatoms. The van der Waals surface area contributed by atoms with Crippen LogP contribution in [0.2, 0.25) is 12.1 Å². The Morgan fingerprint density at radius 1 is 1.07 bits per heavy atom. The average Bonchev–Trinajstić information content (AvgIpc) is 2.28. The van der Waals surface area contributed by atoms with Gasteiger partial charge in [0.1, 0.15) is 0 Å². The van der Waals surface area contributed by atoms with Gasteiger partial charge in [-0.15, -0.1) is 13.2 Å². The van der Waals surface area contributed by atoms with Gasteiger partial charge in [0, 0.05) is 0 Å². The molecule has 0 N–H and O–H groups in total. The van der Waals surface area contributed by atoms with Gasteiger partial charge in [-0.3, -0.25) is 0 Å². The number of rotatable bonds is 7. The zero-order chi connectivity index (χ0) is 10.9. The lowest BCUT2D eigenvalue weighted by Crippen LogP contribution is -2.15. The Morgan fingerprint density at radius 2 is 1.67 bits per heavy atom. The van der Waals surface area contributed by atoms with E-state index in [1.54, 1.807) is 0 Å². The summed E-state index contributed by atoms with van der Waals surface area (Å²) in [5.74, 6) is 0. The molecule has 0 radical (unpaired) electrons. The van der Waals surface area contributed by atoms with Crippen molar-refractivity contribution in [1.82, 2.24) is 0 Å². The van der Waals surface area contributed by atoms with Gasteiger partial charge < -0.3 is 4.43 Å². The van der Waals surface area contributed by atoms with Crippen molar-refractivity contribution in [2.24, 2.45) is 0 Å². The van der Waals surface area contributed by atoms with Crippen molar-refractivity contribution in [3.05, 3.63) is 61.2 Å². The monoisotopic (exact) mass is 218 g/mol. The van der Waals surface area contributed by atoms with Gasteiger partial charge in [-0.2, -0.15) is 0 Å². The van der Waals surface area contributed by atoms with E-state index in [0.717, 1.165) is 18.7 Å². The van der Waals surface area contributed by atoms with Gasteiger partial charge in [0.25, 0.3) is 0 Å². The summed E-state index contributed by atoms with van der Waals surface area (Å²) < 4.78 is 5.91. The van der Waals surface area contributed by atoms with Crippen LogP contribution in [-0.2, 0) is 11.0 Å². The summed E-state index contributed by atoms with van der Waals surface area (Å²) in [5.41, 5.74) is 1.24. The molecule has 0 atom stereocenters. The maximum atomic E-state index is 5.91. The van der Waals surface area contributed by atoms with Crippen molar-refractivity contribution in [3.8, 4) is 0 Å². The van der Waals surface area contributed by atoms with Crippen molar-refractivity contribution < 1.29 is 4.43 Å². The average molecular weight is 218 g/mol. The van der Waals surface area contributed by atoms with Gasteiger partial charge in [0.15, 0.2) is 9.04 Å². The highest BCUT2D eigenvalue weighted by molar-refractivity contribution is 6.52. The first-order valence-corrected chi connectivity index (χ1v) is 7.34. The van der Waals surface area contributed by atoms with E-state index in [1.807, 2.05) is 30.4 Å². The Kier molecular flexibility index (Phi) is 5.74. The Balaban J connectivity index is 2.39. The van der Waals surface area contributed by atoms with Gasteiger partial charge in [-0.05, 0) is 17.7 Å². The Labute approximate surface area is 93.8 Å². The summed E-state index contributed by atoms with van der Waals surface area (Å²) >= 11 is 0. The third-order valence-corrected chi connectivity index (χ3v) is 4.54. The Hall–Kier alpha value is -1.12. The van der Waals surface area contributed by atoms with Gasteiger partial charge in [-0.1, -0.05) is 42.5 Å². The molecule has 0 spiro atoms. The normalized spacial score (nSPS) is 10.2. The third kappa shape index (κ3) is 4.77. The lowest BCUT2D eigenvalue weighted by molar-refractivity contribution is 0.310. The first kappa shape index (κ1) is 11.9. The molecule has 0 aromatic heterocycles. The summed E-state index contributed by atoms with van der Waals surface area (Å²) in [4.78, 5) is 0. The minimum Gasteiger partial charge on any atom is -0.415 e. The second-order valence-electron chi connectivity index (χ2n) is 3.47. The van der Waals surface area contributed by atoms with Crippen molar-refractivity contribution in [2.45, 2.75) is 18.7 Å². The van der Waals surface area contributed by atoms with E-state index in [4.69, 9.17) is 4.43 Å². The van der Waals surface area contributed by atoms with Gasteiger partial charge in [-0.25, -0.2) is 0 Å². The van der Waals surface area contributed by atoms with Crippen LogP contribution in [0.3, 0.4) is 0 Å². The van der Waals surface area contributed by atoms with Crippen LogP contribution in [0.15, 0.2) is 55.6 Å². The molecule has 0 unspecified atom stereocenters.